The molecule has 2 rings (SSSR count). The molecule has 1 unspecified atom stereocenters. The summed E-state index contributed by atoms with van der Waals surface area (Å²) in [5, 5.41) is 3.74. The number of hydrogen-bond donors (Lipinski definition) is 1. The lowest BCUT2D eigenvalue weighted by atomic mass is 9.85. The highest BCUT2D eigenvalue weighted by molar-refractivity contribution is 5.22. The molecule has 0 aromatic heterocycles. The average molecular weight is 245 g/mol. The molecule has 0 aliphatic heterocycles. The van der Waals surface area contributed by atoms with Crippen LogP contribution < -0.4 is 5.32 Å². The molecule has 1 aliphatic rings. The summed E-state index contributed by atoms with van der Waals surface area (Å²) in [5.74, 6) is 0. The van der Waals surface area contributed by atoms with E-state index in [-0.39, 0.29) is 0 Å². The van der Waals surface area contributed by atoms with Gasteiger partial charge in [-0.1, -0.05) is 50.1 Å². The third kappa shape index (κ3) is 4.13. The van der Waals surface area contributed by atoms with Gasteiger partial charge in [0.2, 0.25) is 0 Å². The second-order valence-corrected chi connectivity index (χ2v) is 6.66. The fourth-order valence-corrected chi connectivity index (χ4v) is 2.95. The molecule has 0 heterocycles. The SMILES string of the molecule is Cc1cccc(CNC2CCCC(C)(C)CC2)c1. The molecule has 100 valence electrons. The number of benzene rings is 1. The molecule has 1 saturated carbocycles. The first-order valence-electron chi connectivity index (χ1n) is 7.34. The van der Waals surface area contributed by atoms with Gasteiger partial charge < -0.3 is 5.32 Å². The van der Waals surface area contributed by atoms with Gasteiger partial charge in [-0.05, 0) is 43.6 Å². The fourth-order valence-electron chi connectivity index (χ4n) is 2.95. The average Bonchev–Trinajstić information content (AvgIpc) is 2.48. The van der Waals surface area contributed by atoms with Crippen LogP contribution in [0.25, 0.3) is 0 Å². The summed E-state index contributed by atoms with van der Waals surface area (Å²) in [5.41, 5.74) is 3.33. The van der Waals surface area contributed by atoms with Crippen molar-refractivity contribution in [3.8, 4) is 0 Å². The first-order chi connectivity index (χ1) is 8.55. The number of nitrogens with one attached hydrogen (secondary N) is 1. The zero-order valence-electron chi connectivity index (χ0n) is 12.1. The van der Waals surface area contributed by atoms with E-state index in [1.807, 2.05) is 0 Å². The third-order valence-electron chi connectivity index (χ3n) is 4.25. The van der Waals surface area contributed by atoms with Crippen molar-refractivity contribution in [3.05, 3.63) is 35.4 Å². The number of hydrogen-bond acceptors (Lipinski definition) is 1. The van der Waals surface area contributed by atoms with Crippen molar-refractivity contribution in [3.63, 3.8) is 0 Å². The summed E-state index contributed by atoms with van der Waals surface area (Å²) in [6.07, 6.45) is 6.79. The Kier molecular flexibility index (Phi) is 4.45. The number of aryl methyl sites for hydroxylation is 1. The molecule has 0 radical (unpaired) electrons. The van der Waals surface area contributed by atoms with Crippen molar-refractivity contribution in [2.75, 3.05) is 0 Å². The fraction of sp³-hybridized carbons (Fsp3) is 0.647. The van der Waals surface area contributed by atoms with Gasteiger partial charge in [-0.25, -0.2) is 0 Å². The normalized spacial score (nSPS) is 23.6. The van der Waals surface area contributed by atoms with E-state index < -0.39 is 0 Å². The van der Waals surface area contributed by atoms with Gasteiger partial charge in [-0.3, -0.25) is 0 Å². The Hall–Kier alpha value is -0.820. The van der Waals surface area contributed by atoms with E-state index in [4.69, 9.17) is 0 Å². The maximum absolute atomic E-state index is 3.74. The summed E-state index contributed by atoms with van der Waals surface area (Å²) in [6.45, 7) is 8.01. The molecule has 0 amide bonds. The van der Waals surface area contributed by atoms with Gasteiger partial charge >= 0.3 is 0 Å². The Labute approximate surface area is 112 Å². The molecule has 1 N–H and O–H groups in total. The van der Waals surface area contributed by atoms with E-state index in [1.165, 1.54) is 43.2 Å². The summed E-state index contributed by atoms with van der Waals surface area (Å²) in [7, 11) is 0. The zero-order chi connectivity index (χ0) is 13.0. The molecular formula is C17H27N. The van der Waals surface area contributed by atoms with Crippen LogP contribution in [0.15, 0.2) is 24.3 Å². The second-order valence-electron chi connectivity index (χ2n) is 6.66. The Balaban J connectivity index is 1.83. The molecule has 18 heavy (non-hydrogen) atoms. The minimum Gasteiger partial charge on any atom is -0.310 e. The first kappa shape index (κ1) is 13.6. The molecule has 1 aromatic rings. The number of rotatable bonds is 3. The highest BCUT2D eigenvalue weighted by Gasteiger charge is 2.23. The van der Waals surface area contributed by atoms with Gasteiger partial charge in [0.1, 0.15) is 0 Å². The summed E-state index contributed by atoms with van der Waals surface area (Å²) < 4.78 is 0. The lowest BCUT2D eigenvalue weighted by Crippen LogP contribution is -2.28. The molecule has 1 heteroatoms. The molecule has 0 spiro atoms. The van der Waals surface area contributed by atoms with Gasteiger partial charge in [0.25, 0.3) is 0 Å². The molecular weight excluding hydrogens is 218 g/mol. The van der Waals surface area contributed by atoms with Crippen LogP contribution in [0.3, 0.4) is 0 Å². The van der Waals surface area contributed by atoms with E-state index in [0.29, 0.717) is 11.5 Å². The van der Waals surface area contributed by atoms with Crippen molar-refractivity contribution in [1.82, 2.24) is 5.32 Å². The summed E-state index contributed by atoms with van der Waals surface area (Å²) in [6, 6.07) is 9.54. The van der Waals surface area contributed by atoms with Crippen LogP contribution in [0.2, 0.25) is 0 Å². The lowest BCUT2D eigenvalue weighted by molar-refractivity contribution is 0.309. The molecule has 0 saturated heterocycles. The third-order valence-corrected chi connectivity index (χ3v) is 4.25. The Morgan fingerprint density at radius 3 is 2.83 bits per heavy atom. The topological polar surface area (TPSA) is 12.0 Å². The van der Waals surface area contributed by atoms with Crippen LogP contribution in [0.4, 0.5) is 0 Å². The largest absolute Gasteiger partial charge is 0.310 e. The molecule has 1 aliphatic carbocycles. The van der Waals surface area contributed by atoms with Crippen molar-refractivity contribution >= 4 is 0 Å². The van der Waals surface area contributed by atoms with Crippen LogP contribution >= 0.6 is 0 Å². The second kappa shape index (κ2) is 5.88. The highest BCUT2D eigenvalue weighted by atomic mass is 14.9. The van der Waals surface area contributed by atoms with Crippen LogP contribution in [0, 0.1) is 12.3 Å². The summed E-state index contributed by atoms with van der Waals surface area (Å²) in [4.78, 5) is 0. The molecule has 1 atom stereocenters. The van der Waals surface area contributed by atoms with Crippen molar-refractivity contribution in [2.24, 2.45) is 5.41 Å². The molecule has 1 fully saturated rings. The molecule has 0 bridgehead atoms. The molecule has 1 aromatic carbocycles. The van der Waals surface area contributed by atoms with Gasteiger partial charge in [0.15, 0.2) is 0 Å². The van der Waals surface area contributed by atoms with E-state index in [9.17, 15) is 0 Å². The van der Waals surface area contributed by atoms with Crippen LogP contribution in [0.5, 0.6) is 0 Å². The van der Waals surface area contributed by atoms with Crippen molar-refractivity contribution in [2.45, 2.75) is 65.5 Å². The highest BCUT2D eigenvalue weighted by Crippen LogP contribution is 2.33. The van der Waals surface area contributed by atoms with E-state index in [0.717, 1.165) is 6.54 Å². The predicted molar refractivity (Wildman–Crippen MR) is 78.7 cm³/mol. The van der Waals surface area contributed by atoms with Gasteiger partial charge in [0.05, 0.1) is 0 Å². The Morgan fingerprint density at radius 2 is 2.06 bits per heavy atom. The Morgan fingerprint density at radius 1 is 1.22 bits per heavy atom. The van der Waals surface area contributed by atoms with Gasteiger partial charge in [-0.15, -0.1) is 0 Å². The first-order valence-corrected chi connectivity index (χ1v) is 7.34. The van der Waals surface area contributed by atoms with Crippen molar-refractivity contribution in [1.29, 1.82) is 0 Å². The van der Waals surface area contributed by atoms with E-state index in [2.05, 4.69) is 50.4 Å². The predicted octanol–water partition coefficient (Wildman–Crippen LogP) is 4.44. The maximum atomic E-state index is 3.74. The summed E-state index contributed by atoms with van der Waals surface area (Å²) >= 11 is 0. The van der Waals surface area contributed by atoms with Crippen LogP contribution in [-0.4, -0.2) is 6.04 Å². The minimum atomic E-state index is 0.555. The smallest absolute Gasteiger partial charge is 0.0208 e. The Bertz CT molecular complexity index is 381. The minimum absolute atomic E-state index is 0.555. The molecule has 1 nitrogen and oxygen atoms in total. The van der Waals surface area contributed by atoms with E-state index >= 15 is 0 Å². The monoisotopic (exact) mass is 245 g/mol. The van der Waals surface area contributed by atoms with E-state index in [1.54, 1.807) is 0 Å². The van der Waals surface area contributed by atoms with Gasteiger partial charge in [0, 0.05) is 12.6 Å². The van der Waals surface area contributed by atoms with Crippen LogP contribution in [0.1, 0.15) is 57.1 Å². The lowest BCUT2D eigenvalue weighted by Gasteiger charge is -2.22. The van der Waals surface area contributed by atoms with Crippen LogP contribution in [-0.2, 0) is 6.54 Å². The quantitative estimate of drug-likeness (QED) is 0.776. The van der Waals surface area contributed by atoms with Crippen molar-refractivity contribution < 1.29 is 0 Å². The standard InChI is InChI=1S/C17H27N/c1-14-6-4-7-15(12-14)13-18-16-8-5-10-17(2,3)11-9-16/h4,6-7,12,16,18H,5,8-11,13H2,1-3H3. The van der Waals surface area contributed by atoms with Gasteiger partial charge in [-0.2, -0.15) is 0 Å². The zero-order valence-corrected chi connectivity index (χ0v) is 12.1. The maximum Gasteiger partial charge on any atom is 0.0208 e.